The lowest BCUT2D eigenvalue weighted by Crippen LogP contribution is -2.12. The van der Waals surface area contributed by atoms with Crippen LogP contribution in [0.15, 0.2) is 77.4 Å². The molecule has 0 aliphatic heterocycles. The lowest BCUT2D eigenvalue weighted by atomic mass is 10.1. The Bertz CT molecular complexity index is 1150. The van der Waals surface area contributed by atoms with Crippen LogP contribution in [-0.2, 0) is 4.79 Å². The molecule has 0 aliphatic rings. The van der Waals surface area contributed by atoms with Gasteiger partial charge in [-0.2, -0.15) is 0 Å². The minimum Gasteiger partial charge on any atom is -0.497 e. The second-order valence-corrected chi connectivity index (χ2v) is 8.49. The minimum atomic E-state index is -0.0690. The van der Waals surface area contributed by atoms with Crippen LogP contribution in [0.3, 0.4) is 0 Å². The molecule has 4 rings (SSSR count). The van der Waals surface area contributed by atoms with E-state index >= 15 is 0 Å². The Kier molecular flexibility index (Phi) is 6.91. The van der Waals surface area contributed by atoms with Gasteiger partial charge in [-0.15, -0.1) is 23.1 Å². The molecule has 31 heavy (non-hydrogen) atoms. The molecule has 1 N–H and O–H groups in total. The summed E-state index contributed by atoms with van der Waals surface area (Å²) >= 11 is 2.94. The van der Waals surface area contributed by atoms with E-state index in [1.807, 2.05) is 66.0 Å². The van der Waals surface area contributed by atoms with E-state index in [0.717, 1.165) is 33.3 Å². The van der Waals surface area contributed by atoms with Gasteiger partial charge >= 0.3 is 0 Å². The predicted molar refractivity (Wildman–Crippen MR) is 126 cm³/mol. The van der Waals surface area contributed by atoms with E-state index in [0.29, 0.717) is 17.3 Å². The number of nitrogens with one attached hydrogen (secondary N) is 1. The molecule has 8 heteroatoms. The highest BCUT2D eigenvalue weighted by Gasteiger charge is 2.09. The number of thiazole rings is 1. The van der Waals surface area contributed by atoms with Gasteiger partial charge in [-0.3, -0.25) is 4.79 Å². The van der Waals surface area contributed by atoms with Crippen LogP contribution in [0.5, 0.6) is 5.75 Å². The van der Waals surface area contributed by atoms with E-state index in [-0.39, 0.29) is 5.91 Å². The van der Waals surface area contributed by atoms with Crippen LogP contribution < -0.4 is 10.1 Å². The maximum Gasteiger partial charge on any atom is 0.226 e. The number of aromatic nitrogens is 3. The molecule has 0 aliphatic carbocycles. The Labute approximate surface area is 188 Å². The Morgan fingerprint density at radius 1 is 1.03 bits per heavy atom. The molecule has 156 valence electrons. The predicted octanol–water partition coefficient (Wildman–Crippen LogP) is 5.40. The van der Waals surface area contributed by atoms with Gasteiger partial charge in [0.05, 0.1) is 23.5 Å². The number of hydrogen-bond acceptors (Lipinski definition) is 7. The van der Waals surface area contributed by atoms with Gasteiger partial charge in [0.1, 0.15) is 12.1 Å². The fraction of sp³-hybridized carbons (Fsp3) is 0.130. The molecule has 0 radical (unpaired) electrons. The summed E-state index contributed by atoms with van der Waals surface area (Å²) in [6, 6.07) is 19.6. The minimum absolute atomic E-state index is 0.0690. The van der Waals surface area contributed by atoms with E-state index in [2.05, 4.69) is 20.3 Å². The van der Waals surface area contributed by atoms with Crippen molar-refractivity contribution in [3.8, 4) is 28.3 Å². The van der Waals surface area contributed by atoms with Crippen LogP contribution in [0.2, 0.25) is 0 Å². The third-order valence-electron chi connectivity index (χ3n) is 4.43. The lowest BCUT2D eigenvalue weighted by molar-refractivity contribution is -0.115. The molecular formula is C23H20N4O2S2. The second-order valence-electron chi connectivity index (χ2n) is 6.52. The molecule has 0 atom stereocenters. The molecule has 0 unspecified atom stereocenters. The smallest absolute Gasteiger partial charge is 0.226 e. The number of amides is 1. The molecule has 0 spiro atoms. The van der Waals surface area contributed by atoms with Gasteiger partial charge in [-0.1, -0.05) is 30.3 Å². The number of anilines is 1. The van der Waals surface area contributed by atoms with Gasteiger partial charge in [0.25, 0.3) is 0 Å². The van der Waals surface area contributed by atoms with Crippen molar-refractivity contribution in [1.29, 1.82) is 0 Å². The first-order valence-electron chi connectivity index (χ1n) is 9.61. The van der Waals surface area contributed by atoms with Crippen LogP contribution in [0, 0.1) is 0 Å². The summed E-state index contributed by atoms with van der Waals surface area (Å²) in [5.74, 6) is 1.35. The normalized spacial score (nSPS) is 10.6. The Morgan fingerprint density at radius 2 is 1.81 bits per heavy atom. The Morgan fingerprint density at radius 3 is 2.58 bits per heavy atom. The topological polar surface area (TPSA) is 77.0 Å². The lowest BCUT2D eigenvalue weighted by Gasteiger charge is -2.04. The Hall–Kier alpha value is -3.23. The van der Waals surface area contributed by atoms with E-state index in [1.54, 1.807) is 13.4 Å². The molecule has 2 heterocycles. The van der Waals surface area contributed by atoms with Crippen molar-refractivity contribution in [3.05, 3.63) is 72.4 Å². The maximum atomic E-state index is 12.3. The van der Waals surface area contributed by atoms with E-state index in [1.165, 1.54) is 23.1 Å². The molecule has 6 nitrogen and oxygen atoms in total. The van der Waals surface area contributed by atoms with Crippen LogP contribution in [0.4, 0.5) is 5.13 Å². The average Bonchev–Trinajstić information content (AvgIpc) is 3.28. The molecular weight excluding hydrogens is 428 g/mol. The summed E-state index contributed by atoms with van der Waals surface area (Å²) in [5, 5.41) is 6.24. The fourth-order valence-electron chi connectivity index (χ4n) is 2.84. The van der Waals surface area contributed by atoms with Crippen molar-refractivity contribution >= 4 is 34.1 Å². The quantitative estimate of drug-likeness (QED) is 0.287. The van der Waals surface area contributed by atoms with Crippen molar-refractivity contribution in [3.63, 3.8) is 0 Å². The Balaban J connectivity index is 1.29. The highest BCUT2D eigenvalue weighted by molar-refractivity contribution is 7.99. The summed E-state index contributed by atoms with van der Waals surface area (Å²) in [4.78, 5) is 25.4. The molecule has 0 fully saturated rings. The largest absolute Gasteiger partial charge is 0.497 e. The molecule has 0 saturated carbocycles. The maximum absolute atomic E-state index is 12.3. The molecule has 1 amide bonds. The van der Waals surface area contributed by atoms with Crippen molar-refractivity contribution in [2.45, 2.75) is 11.4 Å². The van der Waals surface area contributed by atoms with E-state index in [4.69, 9.17) is 4.74 Å². The van der Waals surface area contributed by atoms with E-state index < -0.39 is 0 Å². The average molecular weight is 449 g/mol. The van der Waals surface area contributed by atoms with E-state index in [9.17, 15) is 4.79 Å². The van der Waals surface area contributed by atoms with Crippen molar-refractivity contribution in [1.82, 2.24) is 15.0 Å². The third-order valence-corrected chi connectivity index (χ3v) is 6.11. The van der Waals surface area contributed by atoms with Gasteiger partial charge < -0.3 is 10.1 Å². The summed E-state index contributed by atoms with van der Waals surface area (Å²) in [6.07, 6.45) is 1.92. The number of carbonyl (C=O) groups is 1. The number of thioether (sulfide) groups is 1. The first kappa shape index (κ1) is 21.0. The number of nitrogens with zero attached hydrogens (tertiary/aromatic N) is 3. The molecule has 2 aromatic heterocycles. The second kappa shape index (κ2) is 10.2. The number of methoxy groups -OCH3 is 1. The highest BCUT2D eigenvalue weighted by Crippen LogP contribution is 2.27. The summed E-state index contributed by atoms with van der Waals surface area (Å²) in [6.45, 7) is 0. The number of rotatable bonds is 8. The van der Waals surface area contributed by atoms with Crippen LogP contribution >= 0.6 is 23.1 Å². The monoisotopic (exact) mass is 448 g/mol. The molecule has 4 aromatic rings. The van der Waals surface area contributed by atoms with Crippen molar-refractivity contribution in [2.24, 2.45) is 0 Å². The summed E-state index contributed by atoms with van der Waals surface area (Å²) in [5.41, 5.74) is 3.72. The van der Waals surface area contributed by atoms with Gasteiger partial charge in [-0.25, -0.2) is 15.0 Å². The SMILES string of the molecule is COc1ccc(-c2csc(NC(=O)CCSc3cc(-c4ccccc4)ncn3)n2)cc1. The first-order chi connectivity index (χ1) is 15.2. The number of hydrogen-bond donors (Lipinski definition) is 1. The van der Waals surface area contributed by atoms with Crippen LogP contribution in [-0.4, -0.2) is 33.7 Å². The van der Waals surface area contributed by atoms with Gasteiger partial charge in [0.15, 0.2) is 5.13 Å². The van der Waals surface area contributed by atoms with Gasteiger partial charge in [0.2, 0.25) is 5.91 Å². The van der Waals surface area contributed by atoms with Gasteiger partial charge in [0, 0.05) is 28.7 Å². The van der Waals surface area contributed by atoms with Crippen molar-refractivity contribution in [2.75, 3.05) is 18.2 Å². The number of benzene rings is 2. The zero-order valence-corrected chi connectivity index (χ0v) is 18.5. The number of ether oxygens (including phenoxy) is 1. The zero-order valence-electron chi connectivity index (χ0n) is 16.8. The number of carbonyl (C=O) groups excluding carboxylic acids is 1. The molecule has 0 bridgehead atoms. The zero-order chi connectivity index (χ0) is 21.5. The van der Waals surface area contributed by atoms with Gasteiger partial charge in [-0.05, 0) is 30.3 Å². The summed E-state index contributed by atoms with van der Waals surface area (Å²) in [7, 11) is 1.64. The summed E-state index contributed by atoms with van der Waals surface area (Å²) < 4.78 is 5.18. The fourth-order valence-corrected chi connectivity index (χ4v) is 4.39. The first-order valence-corrected chi connectivity index (χ1v) is 11.5. The van der Waals surface area contributed by atoms with Crippen LogP contribution in [0.1, 0.15) is 6.42 Å². The highest BCUT2D eigenvalue weighted by atomic mass is 32.2. The molecule has 2 aromatic carbocycles. The standard InChI is InChI=1S/C23H20N4O2S2/c1-29-18-9-7-17(8-10-18)20-14-31-23(26-20)27-21(28)11-12-30-22-13-19(24-15-25-22)16-5-3-2-4-6-16/h2-10,13-15H,11-12H2,1H3,(H,26,27,28). The molecule has 0 saturated heterocycles. The van der Waals surface area contributed by atoms with Crippen molar-refractivity contribution < 1.29 is 9.53 Å². The third kappa shape index (κ3) is 5.68. The van der Waals surface area contributed by atoms with Crippen LogP contribution in [0.25, 0.3) is 22.5 Å².